The van der Waals surface area contributed by atoms with Gasteiger partial charge < -0.3 is 10.3 Å². The van der Waals surface area contributed by atoms with Crippen LogP contribution in [0.25, 0.3) is 10.2 Å². The lowest BCUT2D eigenvalue weighted by molar-refractivity contribution is 0.903. The number of hydrogen-bond acceptors (Lipinski definition) is 3. The maximum Gasteiger partial charge on any atom is 0.256 e. The molecule has 13 heavy (non-hydrogen) atoms. The Balaban J connectivity index is 3.11. The van der Waals surface area contributed by atoms with Gasteiger partial charge >= 0.3 is 0 Å². The second-order valence-corrected chi connectivity index (χ2v) is 3.94. The number of anilines is 1. The molecule has 2 rings (SSSR count). The lowest BCUT2D eigenvalue weighted by Crippen LogP contribution is -2.20. The van der Waals surface area contributed by atoms with E-state index in [0.29, 0.717) is 11.3 Å². The van der Waals surface area contributed by atoms with Crippen LogP contribution in [0.2, 0.25) is 0 Å². The van der Waals surface area contributed by atoms with Crippen LogP contribution >= 0.6 is 11.3 Å². The molecule has 0 aromatic carbocycles. The molecule has 2 aromatic rings. The lowest BCUT2D eigenvalue weighted by Gasteiger charge is -2.05. The molecule has 4 heteroatoms. The lowest BCUT2D eigenvalue weighted by atomic mass is 10.2. The monoisotopic (exact) mass is 194 g/mol. The first kappa shape index (κ1) is 8.31. The summed E-state index contributed by atoms with van der Waals surface area (Å²) in [4.78, 5) is 12.5. The van der Waals surface area contributed by atoms with E-state index >= 15 is 0 Å². The molecule has 0 aliphatic carbocycles. The molecule has 2 aromatic heterocycles. The molecule has 2 heterocycles. The van der Waals surface area contributed by atoms with Gasteiger partial charge in [-0.15, -0.1) is 11.3 Å². The number of hydrogen-bond donors (Lipinski definition) is 1. The summed E-state index contributed by atoms with van der Waals surface area (Å²) in [7, 11) is 1.77. The van der Waals surface area contributed by atoms with E-state index in [2.05, 4.69) is 0 Å². The Labute approximate surface area is 79.4 Å². The summed E-state index contributed by atoms with van der Waals surface area (Å²) in [5.41, 5.74) is 7.06. The zero-order chi connectivity index (χ0) is 9.59. The summed E-state index contributed by atoms with van der Waals surface area (Å²) in [5.74, 6) is 0. The Morgan fingerprint density at radius 2 is 2.23 bits per heavy atom. The Kier molecular flexibility index (Phi) is 1.66. The second-order valence-electron chi connectivity index (χ2n) is 3.04. The molecule has 0 spiro atoms. The van der Waals surface area contributed by atoms with E-state index in [4.69, 9.17) is 5.73 Å². The molecule has 0 unspecified atom stereocenters. The van der Waals surface area contributed by atoms with Gasteiger partial charge in [0.25, 0.3) is 5.56 Å². The van der Waals surface area contributed by atoms with Crippen molar-refractivity contribution in [3.63, 3.8) is 0 Å². The number of aromatic nitrogens is 1. The average molecular weight is 194 g/mol. The maximum atomic E-state index is 11.6. The van der Waals surface area contributed by atoms with Crippen molar-refractivity contribution in [3.05, 3.63) is 27.4 Å². The van der Waals surface area contributed by atoms with E-state index in [0.717, 1.165) is 10.2 Å². The number of fused-ring (bicyclic) bond motifs is 1. The average Bonchev–Trinajstić information content (AvgIpc) is 2.59. The number of thiophene rings is 1. The van der Waals surface area contributed by atoms with E-state index in [1.54, 1.807) is 18.5 Å². The van der Waals surface area contributed by atoms with E-state index in [1.807, 2.05) is 11.4 Å². The number of rotatable bonds is 0. The van der Waals surface area contributed by atoms with Crippen LogP contribution in [0.3, 0.4) is 0 Å². The van der Waals surface area contributed by atoms with Crippen molar-refractivity contribution < 1.29 is 0 Å². The molecule has 3 nitrogen and oxygen atoms in total. The van der Waals surface area contributed by atoms with Gasteiger partial charge in [-0.05, 0) is 18.4 Å². The first-order valence-electron chi connectivity index (χ1n) is 3.95. The molecule has 0 saturated heterocycles. The van der Waals surface area contributed by atoms with E-state index in [-0.39, 0.29) is 5.56 Å². The molecule has 0 atom stereocenters. The molecular formula is C9H10N2OS. The number of nitrogens with two attached hydrogens (primary N) is 1. The van der Waals surface area contributed by atoms with Crippen molar-refractivity contribution in [1.29, 1.82) is 0 Å². The fraction of sp³-hybridized carbons (Fsp3) is 0.222. The molecule has 0 aliphatic rings. The summed E-state index contributed by atoms with van der Waals surface area (Å²) in [6.45, 7) is 1.76. The summed E-state index contributed by atoms with van der Waals surface area (Å²) >= 11 is 1.53. The third kappa shape index (κ3) is 0.986. The summed E-state index contributed by atoms with van der Waals surface area (Å²) < 4.78 is 1.64. The zero-order valence-corrected chi connectivity index (χ0v) is 8.31. The zero-order valence-electron chi connectivity index (χ0n) is 7.50. The van der Waals surface area contributed by atoms with Crippen LogP contribution in [0.15, 0.2) is 16.2 Å². The Hall–Kier alpha value is -1.29. The van der Waals surface area contributed by atoms with Gasteiger partial charge in [-0.2, -0.15) is 0 Å². The van der Waals surface area contributed by atoms with Gasteiger partial charge in [0, 0.05) is 18.0 Å². The predicted molar refractivity (Wildman–Crippen MR) is 56.2 cm³/mol. The molecule has 0 saturated carbocycles. The van der Waals surface area contributed by atoms with Crippen molar-refractivity contribution in [3.8, 4) is 0 Å². The van der Waals surface area contributed by atoms with Gasteiger partial charge in [-0.25, -0.2) is 0 Å². The summed E-state index contributed by atoms with van der Waals surface area (Å²) in [6.07, 6.45) is 0. The van der Waals surface area contributed by atoms with E-state index in [1.165, 1.54) is 11.3 Å². The van der Waals surface area contributed by atoms with Crippen molar-refractivity contribution in [1.82, 2.24) is 4.57 Å². The van der Waals surface area contributed by atoms with Crippen LogP contribution in [0.1, 0.15) is 5.56 Å². The smallest absolute Gasteiger partial charge is 0.256 e. The topological polar surface area (TPSA) is 48.0 Å². The quantitative estimate of drug-likeness (QED) is 0.690. The Morgan fingerprint density at radius 1 is 1.54 bits per heavy atom. The van der Waals surface area contributed by atoms with Crippen LogP contribution in [-0.4, -0.2) is 4.57 Å². The highest BCUT2D eigenvalue weighted by Crippen LogP contribution is 2.25. The maximum absolute atomic E-state index is 11.6. The van der Waals surface area contributed by atoms with Gasteiger partial charge in [-0.1, -0.05) is 0 Å². The molecule has 0 bridgehead atoms. The number of nitrogens with zero attached hydrogens (tertiary/aromatic N) is 1. The van der Waals surface area contributed by atoms with E-state index in [9.17, 15) is 4.79 Å². The first-order chi connectivity index (χ1) is 6.13. The number of nitrogen functional groups attached to an aromatic ring is 1. The van der Waals surface area contributed by atoms with Gasteiger partial charge in [0.05, 0.1) is 5.69 Å². The molecule has 0 aliphatic heterocycles. The van der Waals surface area contributed by atoms with Crippen LogP contribution < -0.4 is 11.3 Å². The first-order valence-corrected chi connectivity index (χ1v) is 4.83. The third-order valence-electron chi connectivity index (χ3n) is 2.27. The SMILES string of the molecule is Cc1c(N)c2ccsc2n(C)c1=O. The minimum atomic E-state index is -0.00699. The fourth-order valence-electron chi connectivity index (χ4n) is 1.43. The Morgan fingerprint density at radius 3 is 2.92 bits per heavy atom. The molecule has 68 valence electrons. The van der Waals surface area contributed by atoms with Gasteiger partial charge in [0.2, 0.25) is 0 Å². The van der Waals surface area contributed by atoms with Gasteiger partial charge in [-0.3, -0.25) is 4.79 Å². The number of aryl methyl sites for hydroxylation is 1. The van der Waals surface area contributed by atoms with Crippen molar-refractivity contribution in [2.24, 2.45) is 7.05 Å². The van der Waals surface area contributed by atoms with Crippen molar-refractivity contribution in [2.45, 2.75) is 6.92 Å². The molecule has 0 radical (unpaired) electrons. The largest absolute Gasteiger partial charge is 0.398 e. The minimum absolute atomic E-state index is 0.00699. The normalized spacial score (nSPS) is 10.9. The molecular weight excluding hydrogens is 184 g/mol. The molecule has 0 amide bonds. The highest BCUT2D eigenvalue weighted by molar-refractivity contribution is 7.16. The van der Waals surface area contributed by atoms with Crippen LogP contribution in [0.5, 0.6) is 0 Å². The standard InChI is InChI=1S/C9H10N2OS/c1-5-7(10)6-3-4-13-9(6)11(2)8(5)12/h3-4H,10H2,1-2H3. The molecule has 2 N–H and O–H groups in total. The number of pyridine rings is 1. The van der Waals surface area contributed by atoms with E-state index < -0.39 is 0 Å². The third-order valence-corrected chi connectivity index (χ3v) is 3.26. The van der Waals surface area contributed by atoms with Gasteiger partial charge in [0.1, 0.15) is 4.83 Å². The van der Waals surface area contributed by atoms with Crippen LogP contribution in [0, 0.1) is 6.92 Å². The predicted octanol–water partition coefficient (Wildman–Crippen LogP) is 1.49. The molecule has 0 fully saturated rings. The Bertz CT molecular complexity index is 524. The summed E-state index contributed by atoms with van der Waals surface area (Å²) in [6, 6.07) is 1.95. The van der Waals surface area contributed by atoms with Gasteiger partial charge in [0.15, 0.2) is 0 Å². The van der Waals surface area contributed by atoms with Crippen molar-refractivity contribution in [2.75, 3.05) is 5.73 Å². The minimum Gasteiger partial charge on any atom is -0.398 e. The highest BCUT2D eigenvalue weighted by Gasteiger charge is 2.09. The summed E-state index contributed by atoms with van der Waals surface area (Å²) in [5, 5.41) is 2.92. The highest BCUT2D eigenvalue weighted by atomic mass is 32.1. The van der Waals surface area contributed by atoms with Crippen LogP contribution in [0.4, 0.5) is 5.69 Å². The van der Waals surface area contributed by atoms with Crippen LogP contribution in [-0.2, 0) is 7.05 Å². The second kappa shape index (κ2) is 2.60. The fourth-order valence-corrected chi connectivity index (χ4v) is 2.31. The van der Waals surface area contributed by atoms with Crippen molar-refractivity contribution >= 4 is 27.2 Å².